The van der Waals surface area contributed by atoms with Crippen molar-refractivity contribution in [3.63, 3.8) is 0 Å². The number of likely N-dealkylation sites (tertiary alicyclic amines) is 1. The Morgan fingerprint density at radius 2 is 1.38 bits per heavy atom. The second kappa shape index (κ2) is 39.9. The van der Waals surface area contributed by atoms with Crippen LogP contribution in [0.3, 0.4) is 0 Å². The van der Waals surface area contributed by atoms with E-state index in [9.17, 15) is 43.2 Å². The summed E-state index contributed by atoms with van der Waals surface area (Å²) < 4.78 is 12.2. The molecule has 1 saturated heterocycles. The number of nitrogens with zero attached hydrogens (tertiary/aromatic N) is 5. The number of thioether (sulfide) groups is 1. The number of unbranched alkanes of at least 4 members (excludes halogenated alkanes) is 1. The van der Waals surface area contributed by atoms with Crippen molar-refractivity contribution in [2.24, 2.45) is 35.3 Å². The zero-order valence-corrected chi connectivity index (χ0v) is 58.7. The van der Waals surface area contributed by atoms with E-state index in [4.69, 9.17) is 15.2 Å². The molecule has 518 valence electrons. The number of aromatic nitrogens is 2. The number of urea groups is 1. The van der Waals surface area contributed by atoms with E-state index in [0.717, 1.165) is 5.56 Å². The number of nitrogens with one attached hydrogen (secondary N) is 7. The lowest BCUT2D eigenvalue weighted by atomic mass is 9.89. The standard InChI is InChI=1S/C69H105N13O11S/c1-16-45(8)60(81(12)67(90)58(43(4)5)79-66(89)59(44(6)7)80(10)11)54(92-13)38-56(84)82-36-24-29-53(82)61(93-14)46(9)62(85)77-52(37-47-25-19-17-20-26-47)63(86)72-39-48-31-33-50(34-32-48)75-64(87)51(28-23-35-71-68(70)91)76-65(88)57(42(2)3)78-55(83)30-22-18-21-27-49-40-73-69(94-15)74-41-49/h17,19-20,25-26,31-34,40-46,51-54,57-61H,16,18,22-24,28-30,35-39H2,1-15H3,(H,72,86)(H,75,87)(H,76,88)(H,77,85)(H,78,83)(H,79,89)(H3,70,71,91)/t45-,46+,51-,52-,53-,54+,57-,58-,59-,60-,61+/m0/s1. The number of amides is 10. The highest BCUT2D eigenvalue weighted by atomic mass is 32.2. The van der Waals surface area contributed by atoms with Gasteiger partial charge in [0.25, 0.3) is 0 Å². The van der Waals surface area contributed by atoms with Crippen molar-refractivity contribution in [1.29, 1.82) is 0 Å². The smallest absolute Gasteiger partial charge is 0.312 e. The molecule has 4 rings (SSSR count). The molecule has 0 saturated carbocycles. The van der Waals surface area contributed by atoms with E-state index in [1.165, 1.54) is 26.0 Å². The fraction of sp³-hybridized carbons (Fsp3) is 0.609. The van der Waals surface area contributed by atoms with Crippen molar-refractivity contribution < 1.29 is 52.6 Å². The molecule has 3 aromatic rings. The van der Waals surface area contributed by atoms with E-state index >= 15 is 0 Å². The molecule has 0 aliphatic carbocycles. The fourth-order valence-corrected chi connectivity index (χ4v) is 12.2. The third kappa shape index (κ3) is 24.6. The Bertz CT molecular complexity index is 2990. The molecule has 1 fully saturated rings. The van der Waals surface area contributed by atoms with Crippen LogP contribution in [0, 0.1) is 41.4 Å². The van der Waals surface area contributed by atoms with Crippen molar-refractivity contribution in [2.75, 3.05) is 60.0 Å². The van der Waals surface area contributed by atoms with Gasteiger partial charge in [-0.05, 0) is 99.4 Å². The van der Waals surface area contributed by atoms with Crippen molar-refractivity contribution >= 4 is 70.7 Å². The van der Waals surface area contributed by atoms with Gasteiger partial charge in [-0.2, -0.15) is 0 Å². The van der Waals surface area contributed by atoms with Gasteiger partial charge < -0.3 is 62.2 Å². The highest BCUT2D eigenvalue weighted by molar-refractivity contribution is 7.98. The maximum absolute atomic E-state index is 14.6. The van der Waals surface area contributed by atoms with Gasteiger partial charge in [-0.15, -0.1) is 0 Å². The van der Waals surface area contributed by atoms with Crippen molar-refractivity contribution in [1.82, 2.24) is 56.6 Å². The van der Waals surface area contributed by atoms with Gasteiger partial charge in [-0.3, -0.25) is 43.3 Å². The molecule has 0 radical (unpaired) electrons. The average molecular weight is 1320 g/mol. The summed E-state index contributed by atoms with van der Waals surface area (Å²) in [6.07, 6.45) is 7.07. The molecule has 2 aromatic carbocycles. The number of hydrogen-bond donors (Lipinski definition) is 8. The maximum atomic E-state index is 14.6. The van der Waals surface area contributed by atoms with Crippen LogP contribution in [0.15, 0.2) is 72.1 Å². The second-order valence-electron chi connectivity index (χ2n) is 25.5. The Morgan fingerprint density at radius 1 is 0.734 bits per heavy atom. The van der Waals surface area contributed by atoms with E-state index in [-0.39, 0.29) is 92.5 Å². The fourth-order valence-electron chi connectivity index (χ4n) is 11.8. The minimum absolute atomic E-state index is 0.00209. The minimum Gasteiger partial charge on any atom is -0.379 e. The number of hydrogen-bond acceptors (Lipinski definition) is 15. The van der Waals surface area contributed by atoms with Gasteiger partial charge in [-0.1, -0.05) is 135 Å². The molecule has 94 heavy (non-hydrogen) atoms. The molecule has 2 heterocycles. The van der Waals surface area contributed by atoms with E-state index in [2.05, 4.69) is 59.0 Å². The number of nitrogens with two attached hydrogens (primary N) is 1. The van der Waals surface area contributed by atoms with Gasteiger partial charge >= 0.3 is 6.03 Å². The number of carbonyl (C=O) groups excluding carboxylic acids is 9. The molecule has 1 aliphatic heterocycles. The topological polar surface area (TPSA) is 318 Å². The largest absolute Gasteiger partial charge is 0.379 e. The predicted octanol–water partition coefficient (Wildman–Crippen LogP) is 5.42. The van der Waals surface area contributed by atoms with Gasteiger partial charge in [0.15, 0.2) is 5.16 Å². The summed E-state index contributed by atoms with van der Waals surface area (Å²) in [6.45, 7) is 17.6. The number of anilines is 1. The predicted molar refractivity (Wildman–Crippen MR) is 364 cm³/mol. The van der Waals surface area contributed by atoms with Crippen LogP contribution in [-0.2, 0) is 60.8 Å². The Morgan fingerprint density at radius 3 is 1.96 bits per heavy atom. The number of rotatable bonds is 37. The van der Waals surface area contributed by atoms with Gasteiger partial charge in [0, 0.05) is 78.2 Å². The van der Waals surface area contributed by atoms with Crippen LogP contribution in [-0.4, -0.2) is 187 Å². The van der Waals surface area contributed by atoms with E-state index in [0.29, 0.717) is 60.6 Å². The Balaban J connectivity index is 1.43. The number of primary amides is 1. The van der Waals surface area contributed by atoms with Crippen LogP contribution in [0.1, 0.15) is 137 Å². The van der Waals surface area contributed by atoms with Gasteiger partial charge in [0.05, 0.1) is 48.2 Å². The lowest BCUT2D eigenvalue weighted by Crippen LogP contribution is -2.59. The highest BCUT2D eigenvalue weighted by Gasteiger charge is 2.44. The number of benzene rings is 2. The SMILES string of the molecule is CC[C@H](C)[C@@H]([C@@H](CC(=O)N1CCC[C@H]1[C@H](OC)[C@@H](C)C(=O)N[C@@H](Cc1ccccc1)C(=O)NCc1ccc(NC(=O)[C@H](CCCNC(N)=O)NC(=O)[C@@H](NC(=O)CCCC#Cc2cnc(SC)nc2)C(C)C)cc1)OC)N(C)C(=O)[C@@H](NC(=O)[C@H](C(C)C)N(C)C)C(C)C. The van der Waals surface area contributed by atoms with Gasteiger partial charge in [0.2, 0.25) is 47.3 Å². The van der Waals surface area contributed by atoms with Crippen LogP contribution < -0.4 is 43.0 Å². The van der Waals surface area contributed by atoms with Crippen molar-refractivity contribution in [3.8, 4) is 11.8 Å². The molecule has 10 amide bonds. The van der Waals surface area contributed by atoms with Crippen molar-refractivity contribution in [2.45, 2.75) is 193 Å². The average Bonchev–Trinajstić information content (AvgIpc) is 1.43. The monoisotopic (exact) mass is 1320 g/mol. The molecule has 11 atom stereocenters. The maximum Gasteiger partial charge on any atom is 0.312 e. The first-order valence-corrected chi connectivity index (χ1v) is 34.0. The normalized spacial score (nSPS) is 16.2. The highest BCUT2D eigenvalue weighted by Crippen LogP contribution is 2.30. The second-order valence-corrected chi connectivity index (χ2v) is 26.3. The van der Waals surface area contributed by atoms with E-state index in [1.54, 1.807) is 74.3 Å². The summed E-state index contributed by atoms with van der Waals surface area (Å²) >= 11 is 1.43. The number of carbonyl (C=O) groups is 9. The molecule has 9 N–H and O–H groups in total. The lowest BCUT2D eigenvalue weighted by Gasteiger charge is -2.41. The Hall–Kier alpha value is -7.66. The van der Waals surface area contributed by atoms with Gasteiger partial charge in [-0.25, -0.2) is 14.8 Å². The Labute approximate surface area is 561 Å². The van der Waals surface area contributed by atoms with Crippen LogP contribution >= 0.6 is 11.8 Å². The summed E-state index contributed by atoms with van der Waals surface area (Å²) in [5.41, 5.74) is 7.80. The van der Waals surface area contributed by atoms with Gasteiger partial charge in [0.1, 0.15) is 24.2 Å². The first kappa shape index (κ1) is 78.8. The van der Waals surface area contributed by atoms with Crippen LogP contribution in [0.5, 0.6) is 0 Å². The lowest BCUT2D eigenvalue weighted by molar-refractivity contribution is -0.148. The summed E-state index contributed by atoms with van der Waals surface area (Å²) in [5.74, 6) is 1.41. The molecule has 0 spiro atoms. The molecule has 1 aromatic heterocycles. The minimum atomic E-state index is -1.08. The van der Waals surface area contributed by atoms with E-state index in [1.807, 2.05) is 97.1 Å². The molecular weight excluding hydrogens is 1220 g/mol. The van der Waals surface area contributed by atoms with Crippen molar-refractivity contribution in [3.05, 3.63) is 83.7 Å². The zero-order chi connectivity index (χ0) is 69.8. The molecule has 25 heteroatoms. The Kier molecular flexibility index (Phi) is 33.4. The van der Waals surface area contributed by atoms with Crippen LogP contribution in [0.25, 0.3) is 0 Å². The van der Waals surface area contributed by atoms with E-state index < -0.39 is 90.1 Å². The molecule has 0 bridgehead atoms. The molecule has 24 nitrogen and oxygen atoms in total. The third-order valence-corrected chi connectivity index (χ3v) is 17.7. The number of ether oxygens (including phenoxy) is 2. The summed E-state index contributed by atoms with van der Waals surface area (Å²) in [4.78, 5) is 137. The molecule has 0 unspecified atom stereocenters. The zero-order valence-electron chi connectivity index (χ0n) is 57.8. The summed E-state index contributed by atoms with van der Waals surface area (Å²) in [6, 6.07) is 9.91. The van der Waals surface area contributed by atoms with Crippen LogP contribution in [0.2, 0.25) is 0 Å². The number of likely N-dealkylation sites (N-methyl/N-ethyl adjacent to an activating group) is 2. The van der Waals surface area contributed by atoms with Crippen LogP contribution in [0.4, 0.5) is 10.5 Å². The molecule has 1 aliphatic rings. The summed E-state index contributed by atoms with van der Waals surface area (Å²) in [7, 11) is 8.42. The number of methoxy groups -OCH3 is 2. The molecular formula is C69H105N13O11S. The quantitative estimate of drug-likeness (QED) is 0.0155. The first-order valence-electron chi connectivity index (χ1n) is 32.7. The first-order chi connectivity index (χ1) is 44.6. The summed E-state index contributed by atoms with van der Waals surface area (Å²) in [5, 5.41) is 20.6. The third-order valence-electron chi connectivity index (χ3n) is 17.2.